The van der Waals surface area contributed by atoms with Crippen LogP contribution in [-0.4, -0.2) is 17.1 Å². The van der Waals surface area contributed by atoms with Crippen LogP contribution in [0.4, 0.5) is 5.69 Å². The van der Waals surface area contributed by atoms with Crippen LogP contribution in [0, 0.1) is 25.2 Å². The van der Waals surface area contributed by atoms with Crippen LogP contribution in [0.3, 0.4) is 0 Å². The maximum absolute atomic E-state index is 13.5. The molecule has 2 heterocycles. The first-order valence-electron chi connectivity index (χ1n) is 10.5. The molecule has 1 aliphatic rings. The Bertz CT molecular complexity index is 1240. The van der Waals surface area contributed by atoms with Crippen molar-refractivity contribution in [3.63, 3.8) is 0 Å². The zero-order valence-electron chi connectivity index (χ0n) is 18.4. The van der Waals surface area contributed by atoms with Gasteiger partial charge in [-0.15, -0.1) is 0 Å². The number of carbonyl (C=O) groups excluding carboxylic acids is 2. The van der Waals surface area contributed by atoms with Gasteiger partial charge in [0.05, 0.1) is 18.1 Å². The van der Waals surface area contributed by atoms with Gasteiger partial charge in [0, 0.05) is 5.69 Å². The normalized spacial score (nSPS) is 17.1. The molecular weight excluding hydrogens is 434 g/mol. The minimum Gasteiger partial charge on any atom is -0.467 e. The Kier molecular flexibility index (Phi) is 6.66. The lowest BCUT2D eigenvalue weighted by atomic mass is 10.0. The van der Waals surface area contributed by atoms with E-state index in [9.17, 15) is 14.9 Å². The predicted octanol–water partition coefficient (Wildman–Crippen LogP) is 4.64. The highest BCUT2D eigenvalue weighted by molar-refractivity contribution is 8.05. The van der Waals surface area contributed by atoms with Crippen molar-refractivity contribution in [2.45, 2.75) is 32.1 Å². The Labute approximate surface area is 196 Å². The average molecular weight is 458 g/mol. The molecule has 0 radical (unpaired) electrons. The van der Waals surface area contributed by atoms with Gasteiger partial charge in [0.2, 0.25) is 5.91 Å². The fourth-order valence-electron chi connectivity index (χ4n) is 3.62. The van der Waals surface area contributed by atoms with E-state index >= 15 is 0 Å². The quantitative estimate of drug-likeness (QED) is 0.431. The second kappa shape index (κ2) is 9.80. The van der Waals surface area contributed by atoms with E-state index in [1.807, 2.05) is 68.4 Å². The van der Waals surface area contributed by atoms with Crippen molar-refractivity contribution in [2.24, 2.45) is 0 Å². The third kappa shape index (κ3) is 4.86. The maximum Gasteiger partial charge on any atom is 0.265 e. The number of furan rings is 1. The fraction of sp³-hybridized carbons (Fsp3) is 0.192. The van der Waals surface area contributed by atoms with E-state index in [0.29, 0.717) is 22.9 Å². The van der Waals surface area contributed by atoms with Crippen molar-refractivity contribution >= 4 is 29.3 Å². The third-order valence-electron chi connectivity index (χ3n) is 5.47. The molecule has 1 N–H and O–H groups in total. The number of aryl methyl sites for hydroxylation is 2. The van der Waals surface area contributed by atoms with E-state index in [-0.39, 0.29) is 18.0 Å². The summed E-state index contributed by atoms with van der Waals surface area (Å²) in [6, 6.07) is 20.9. The molecule has 33 heavy (non-hydrogen) atoms. The molecule has 0 bridgehead atoms. The molecule has 0 spiro atoms. The van der Waals surface area contributed by atoms with E-state index in [1.165, 1.54) is 22.9 Å². The Balaban J connectivity index is 1.69. The Morgan fingerprint density at radius 3 is 2.55 bits per heavy atom. The summed E-state index contributed by atoms with van der Waals surface area (Å²) in [7, 11) is 0. The summed E-state index contributed by atoms with van der Waals surface area (Å²) in [5, 5.41) is 12.5. The topological polar surface area (TPSA) is 86.3 Å². The van der Waals surface area contributed by atoms with Crippen LogP contribution >= 0.6 is 11.8 Å². The highest BCUT2D eigenvalue weighted by Gasteiger charge is 2.40. The molecule has 1 atom stereocenters. The van der Waals surface area contributed by atoms with E-state index in [0.717, 1.165) is 16.7 Å². The number of carbonyl (C=O) groups is 2. The Hall–Kier alpha value is -3.76. The molecule has 1 aromatic heterocycles. The van der Waals surface area contributed by atoms with Crippen LogP contribution in [0.15, 0.2) is 81.9 Å². The van der Waals surface area contributed by atoms with Gasteiger partial charge in [-0.3, -0.25) is 14.5 Å². The number of thioether (sulfide) groups is 1. The SMILES string of the molecule is Cc1ccc(N2C(=O)[C@H](Cc3ccccc3C)S/C2=C(/C#N)C(=O)NCc2ccco2)cc1. The molecule has 2 aromatic carbocycles. The van der Waals surface area contributed by atoms with Gasteiger partial charge < -0.3 is 9.73 Å². The summed E-state index contributed by atoms with van der Waals surface area (Å²) in [4.78, 5) is 27.9. The molecule has 1 aliphatic heterocycles. The first kappa shape index (κ1) is 22.4. The summed E-state index contributed by atoms with van der Waals surface area (Å²) in [5.41, 5.74) is 3.76. The van der Waals surface area contributed by atoms with E-state index in [4.69, 9.17) is 4.42 Å². The van der Waals surface area contributed by atoms with Gasteiger partial charge in [-0.1, -0.05) is 53.7 Å². The summed E-state index contributed by atoms with van der Waals surface area (Å²) in [6.07, 6.45) is 2.03. The second-order valence-electron chi connectivity index (χ2n) is 7.80. The van der Waals surface area contributed by atoms with Crippen molar-refractivity contribution in [1.82, 2.24) is 5.32 Å². The minimum absolute atomic E-state index is 0.0900. The van der Waals surface area contributed by atoms with Crippen molar-refractivity contribution in [2.75, 3.05) is 4.90 Å². The highest BCUT2D eigenvalue weighted by atomic mass is 32.2. The van der Waals surface area contributed by atoms with Gasteiger partial charge in [0.15, 0.2) is 0 Å². The summed E-state index contributed by atoms with van der Waals surface area (Å²) in [5.74, 6) is -0.111. The number of hydrogen-bond donors (Lipinski definition) is 1. The molecular formula is C26H23N3O3S. The summed E-state index contributed by atoms with van der Waals surface area (Å²) in [6.45, 7) is 4.13. The number of nitrogens with zero attached hydrogens (tertiary/aromatic N) is 2. The summed E-state index contributed by atoms with van der Waals surface area (Å²) >= 11 is 1.26. The molecule has 6 nitrogen and oxygen atoms in total. The lowest BCUT2D eigenvalue weighted by Gasteiger charge is -2.19. The maximum atomic E-state index is 13.5. The highest BCUT2D eigenvalue weighted by Crippen LogP contribution is 2.42. The first-order valence-corrected chi connectivity index (χ1v) is 11.4. The van der Waals surface area contributed by atoms with Gasteiger partial charge >= 0.3 is 0 Å². The Morgan fingerprint density at radius 2 is 1.88 bits per heavy atom. The predicted molar refractivity (Wildman–Crippen MR) is 128 cm³/mol. The van der Waals surface area contributed by atoms with Crippen molar-refractivity contribution in [3.05, 3.63) is 100.0 Å². The number of benzene rings is 2. The van der Waals surface area contributed by atoms with Crippen LogP contribution in [-0.2, 0) is 22.6 Å². The van der Waals surface area contributed by atoms with Gasteiger partial charge in [-0.2, -0.15) is 5.26 Å². The van der Waals surface area contributed by atoms with Crippen LogP contribution < -0.4 is 10.2 Å². The molecule has 0 unspecified atom stereocenters. The number of nitriles is 1. The number of nitrogens with one attached hydrogen (secondary N) is 1. The van der Waals surface area contributed by atoms with Crippen molar-refractivity contribution < 1.29 is 14.0 Å². The standard InChI is InChI=1S/C26H23N3O3S/c1-17-9-11-20(12-10-17)29-25(31)23(14-19-7-4-3-6-18(19)2)33-26(29)22(15-27)24(30)28-16-21-8-5-13-32-21/h3-13,23H,14,16H2,1-2H3,(H,28,30)/b26-22-/t23-/m0/s1. The largest absolute Gasteiger partial charge is 0.467 e. The van der Waals surface area contributed by atoms with Crippen LogP contribution in [0.5, 0.6) is 0 Å². The van der Waals surface area contributed by atoms with E-state index < -0.39 is 11.2 Å². The smallest absolute Gasteiger partial charge is 0.265 e. The molecule has 1 saturated heterocycles. The van der Waals surface area contributed by atoms with Crippen LogP contribution in [0.25, 0.3) is 0 Å². The minimum atomic E-state index is -0.544. The second-order valence-corrected chi connectivity index (χ2v) is 8.99. The van der Waals surface area contributed by atoms with E-state index in [2.05, 4.69) is 5.32 Å². The third-order valence-corrected chi connectivity index (χ3v) is 6.73. The molecule has 1 fully saturated rings. The molecule has 4 rings (SSSR count). The molecule has 166 valence electrons. The Morgan fingerprint density at radius 1 is 1.12 bits per heavy atom. The monoisotopic (exact) mass is 457 g/mol. The van der Waals surface area contributed by atoms with Crippen molar-refractivity contribution in [3.8, 4) is 6.07 Å². The molecule has 2 amide bonds. The van der Waals surface area contributed by atoms with E-state index in [1.54, 1.807) is 12.1 Å². The van der Waals surface area contributed by atoms with Gasteiger partial charge in [-0.05, 0) is 55.7 Å². The van der Waals surface area contributed by atoms with Crippen LogP contribution in [0.2, 0.25) is 0 Å². The number of rotatable bonds is 6. The number of amides is 2. The van der Waals surface area contributed by atoms with Crippen molar-refractivity contribution in [1.29, 1.82) is 5.26 Å². The lowest BCUT2D eigenvalue weighted by Crippen LogP contribution is -2.32. The van der Waals surface area contributed by atoms with Gasteiger partial charge in [0.1, 0.15) is 22.4 Å². The molecule has 7 heteroatoms. The zero-order chi connectivity index (χ0) is 23.4. The van der Waals surface area contributed by atoms with Gasteiger partial charge in [0.25, 0.3) is 5.91 Å². The fourth-order valence-corrected chi connectivity index (χ4v) is 4.92. The molecule has 0 saturated carbocycles. The molecule has 0 aliphatic carbocycles. The van der Waals surface area contributed by atoms with Crippen LogP contribution in [0.1, 0.15) is 22.5 Å². The number of hydrogen-bond acceptors (Lipinski definition) is 5. The lowest BCUT2D eigenvalue weighted by molar-refractivity contribution is -0.117. The zero-order valence-corrected chi connectivity index (χ0v) is 19.2. The average Bonchev–Trinajstić information content (AvgIpc) is 3.44. The molecule has 3 aromatic rings. The van der Waals surface area contributed by atoms with Gasteiger partial charge in [-0.25, -0.2) is 0 Å². The summed E-state index contributed by atoms with van der Waals surface area (Å²) < 4.78 is 5.25. The number of anilines is 1. The first-order chi connectivity index (χ1) is 16.0.